The zero-order valence-corrected chi connectivity index (χ0v) is 37.5. The maximum absolute atomic E-state index is 13.0. The molecule has 0 saturated carbocycles. The SMILES string of the molecule is CC/C=C\C/C=C\C/C=C\C/C=C\C/C=C\CCCCCCCCCCCCCC(=O)NC(COC1OC(CO)C(O)C(O)C1O)C(O)CCCCCCCCCCC. The first-order valence-electron chi connectivity index (χ1n) is 24.0. The summed E-state index contributed by atoms with van der Waals surface area (Å²) in [6.07, 6.45) is 45.3. The van der Waals surface area contributed by atoms with Gasteiger partial charge in [0.25, 0.3) is 0 Å². The van der Waals surface area contributed by atoms with Gasteiger partial charge in [-0.25, -0.2) is 0 Å². The van der Waals surface area contributed by atoms with Crippen LogP contribution in [0.15, 0.2) is 60.8 Å². The lowest BCUT2D eigenvalue weighted by Gasteiger charge is -2.40. The number of unbranched alkanes of at least 4 members (excludes halogenated alkanes) is 19. The minimum Gasteiger partial charge on any atom is -0.394 e. The van der Waals surface area contributed by atoms with Gasteiger partial charge in [-0.15, -0.1) is 0 Å². The average Bonchev–Trinajstić information content (AvgIpc) is 3.23. The number of carbonyl (C=O) groups is 1. The summed E-state index contributed by atoms with van der Waals surface area (Å²) < 4.78 is 11.2. The van der Waals surface area contributed by atoms with Crippen molar-refractivity contribution >= 4 is 5.91 Å². The van der Waals surface area contributed by atoms with Crippen LogP contribution in [0.3, 0.4) is 0 Å². The Kier molecular flexibility index (Phi) is 37.2. The average molecular weight is 832 g/mol. The van der Waals surface area contributed by atoms with Crippen LogP contribution in [0, 0.1) is 0 Å². The number of nitrogens with one attached hydrogen (secondary N) is 1. The zero-order valence-electron chi connectivity index (χ0n) is 37.5. The molecule has 59 heavy (non-hydrogen) atoms. The van der Waals surface area contributed by atoms with Gasteiger partial charge < -0.3 is 40.3 Å². The van der Waals surface area contributed by atoms with Gasteiger partial charge in [0, 0.05) is 6.42 Å². The standard InChI is InChI=1S/C50H89NO8/c1-3-5-7-9-11-13-14-15-16-17-18-19-20-21-22-23-24-25-26-27-28-29-30-32-34-36-38-40-46(54)51-43(44(53)39-37-35-33-31-12-10-8-6-4-2)42-58-50-49(57)48(56)47(55)45(41-52)59-50/h5,7,11,13,15-16,18-19,21-22,43-45,47-50,52-53,55-57H,3-4,6,8-10,12,14,17,20,23-42H2,1-2H3,(H,51,54)/b7-5-,13-11-,16-15-,19-18-,22-21-. The Morgan fingerprint density at radius 1 is 0.593 bits per heavy atom. The Bertz CT molecular complexity index is 1100. The van der Waals surface area contributed by atoms with E-state index >= 15 is 0 Å². The number of hydrogen-bond donors (Lipinski definition) is 6. The molecule has 1 aliphatic rings. The lowest BCUT2D eigenvalue weighted by Crippen LogP contribution is -2.60. The molecule has 1 saturated heterocycles. The molecule has 6 N–H and O–H groups in total. The van der Waals surface area contributed by atoms with Crippen LogP contribution in [0.1, 0.15) is 194 Å². The van der Waals surface area contributed by atoms with E-state index < -0.39 is 49.5 Å². The molecule has 0 aromatic rings. The molecule has 0 aliphatic carbocycles. The van der Waals surface area contributed by atoms with Gasteiger partial charge in [-0.1, -0.05) is 190 Å². The molecular weight excluding hydrogens is 743 g/mol. The topological polar surface area (TPSA) is 149 Å². The molecule has 1 heterocycles. The van der Waals surface area contributed by atoms with Gasteiger partial charge in [-0.2, -0.15) is 0 Å². The monoisotopic (exact) mass is 832 g/mol. The molecule has 1 rings (SSSR count). The lowest BCUT2D eigenvalue weighted by atomic mass is 9.99. The first-order valence-corrected chi connectivity index (χ1v) is 24.0. The van der Waals surface area contributed by atoms with Gasteiger partial charge in [0.15, 0.2) is 6.29 Å². The first-order chi connectivity index (χ1) is 28.8. The van der Waals surface area contributed by atoms with Crippen LogP contribution in [-0.4, -0.2) is 87.5 Å². The highest BCUT2D eigenvalue weighted by Gasteiger charge is 2.44. The molecule has 0 radical (unpaired) electrons. The molecule has 0 aromatic carbocycles. The van der Waals surface area contributed by atoms with Gasteiger partial charge in [0.2, 0.25) is 5.91 Å². The summed E-state index contributed by atoms with van der Waals surface area (Å²) >= 11 is 0. The normalized spacial score (nSPS) is 21.2. The molecule has 0 aromatic heterocycles. The van der Waals surface area contributed by atoms with Crippen molar-refractivity contribution in [2.24, 2.45) is 0 Å². The fourth-order valence-electron chi connectivity index (χ4n) is 7.30. The number of aliphatic hydroxyl groups excluding tert-OH is 5. The minimum atomic E-state index is -1.55. The van der Waals surface area contributed by atoms with Crippen LogP contribution in [0.4, 0.5) is 0 Å². The summed E-state index contributed by atoms with van der Waals surface area (Å²) in [5.41, 5.74) is 0. The highest BCUT2D eigenvalue weighted by molar-refractivity contribution is 5.76. The molecule has 1 fully saturated rings. The first kappa shape index (κ1) is 54.9. The molecule has 1 amide bonds. The molecule has 9 nitrogen and oxygen atoms in total. The molecule has 1 aliphatic heterocycles. The number of ether oxygens (including phenoxy) is 2. The van der Waals surface area contributed by atoms with E-state index in [2.05, 4.69) is 79.9 Å². The quantitative estimate of drug-likeness (QED) is 0.0265. The van der Waals surface area contributed by atoms with Gasteiger partial charge >= 0.3 is 0 Å². The van der Waals surface area contributed by atoms with Crippen molar-refractivity contribution in [2.45, 2.75) is 236 Å². The van der Waals surface area contributed by atoms with Gasteiger partial charge in [0.05, 0.1) is 25.4 Å². The summed E-state index contributed by atoms with van der Waals surface area (Å²) in [6, 6.07) is -0.720. The minimum absolute atomic E-state index is 0.142. The van der Waals surface area contributed by atoms with E-state index in [-0.39, 0.29) is 12.5 Å². The third-order valence-electron chi connectivity index (χ3n) is 11.1. The van der Waals surface area contributed by atoms with Gasteiger partial charge in [-0.05, 0) is 57.8 Å². The van der Waals surface area contributed by atoms with E-state index in [1.54, 1.807) is 0 Å². The molecular formula is C50H89NO8. The van der Waals surface area contributed by atoms with E-state index in [4.69, 9.17) is 9.47 Å². The number of allylic oxidation sites excluding steroid dienone is 10. The van der Waals surface area contributed by atoms with Gasteiger partial charge in [-0.3, -0.25) is 4.79 Å². The summed E-state index contributed by atoms with van der Waals surface area (Å²) in [5.74, 6) is -0.153. The van der Waals surface area contributed by atoms with E-state index in [9.17, 15) is 30.3 Å². The lowest BCUT2D eigenvalue weighted by molar-refractivity contribution is -0.302. The van der Waals surface area contributed by atoms with Crippen LogP contribution in [-0.2, 0) is 14.3 Å². The second kappa shape index (κ2) is 40.0. The predicted molar refractivity (Wildman–Crippen MR) is 244 cm³/mol. The largest absolute Gasteiger partial charge is 0.394 e. The molecule has 0 spiro atoms. The molecule has 342 valence electrons. The van der Waals surface area contributed by atoms with Crippen molar-refractivity contribution in [3.05, 3.63) is 60.8 Å². The van der Waals surface area contributed by atoms with Crippen LogP contribution < -0.4 is 5.32 Å². The number of aliphatic hydroxyl groups is 5. The molecule has 7 atom stereocenters. The Morgan fingerprint density at radius 3 is 1.56 bits per heavy atom. The Morgan fingerprint density at radius 2 is 1.05 bits per heavy atom. The van der Waals surface area contributed by atoms with Crippen LogP contribution in [0.25, 0.3) is 0 Å². The van der Waals surface area contributed by atoms with Crippen molar-refractivity contribution in [2.75, 3.05) is 13.2 Å². The second-order valence-corrected chi connectivity index (χ2v) is 16.5. The summed E-state index contributed by atoms with van der Waals surface area (Å²) in [6.45, 7) is 3.68. The maximum atomic E-state index is 13.0. The van der Waals surface area contributed by atoms with E-state index in [0.29, 0.717) is 12.8 Å². The van der Waals surface area contributed by atoms with E-state index in [0.717, 1.165) is 70.6 Å². The Labute approximate surface area is 360 Å². The van der Waals surface area contributed by atoms with Crippen LogP contribution >= 0.6 is 0 Å². The molecule has 0 bridgehead atoms. The van der Waals surface area contributed by atoms with Crippen LogP contribution in [0.2, 0.25) is 0 Å². The second-order valence-electron chi connectivity index (χ2n) is 16.5. The molecule has 9 heteroatoms. The van der Waals surface area contributed by atoms with Crippen molar-refractivity contribution in [3.8, 4) is 0 Å². The highest BCUT2D eigenvalue weighted by Crippen LogP contribution is 2.23. The summed E-state index contributed by atoms with van der Waals surface area (Å²) in [7, 11) is 0. The Balaban J connectivity index is 2.19. The van der Waals surface area contributed by atoms with E-state index in [1.807, 2.05) is 0 Å². The summed E-state index contributed by atoms with van der Waals surface area (Å²) in [4.78, 5) is 13.0. The highest BCUT2D eigenvalue weighted by atomic mass is 16.7. The number of hydrogen-bond acceptors (Lipinski definition) is 8. The van der Waals surface area contributed by atoms with Crippen molar-refractivity contribution in [1.82, 2.24) is 5.32 Å². The Hall–Kier alpha value is -2.11. The summed E-state index contributed by atoms with van der Waals surface area (Å²) in [5, 5.41) is 54.2. The maximum Gasteiger partial charge on any atom is 0.220 e. The van der Waals surface area contributed by atoms with Crippen LogP contribution in [0.5, 0.6) is 0 Å². The fraction of sp³-hybridized carbons (Fsp3) is 0.780. The van der Waals surface area contributed by atoms with Crippen molar-refractivity contribution in [3.63, 3.8) is 0 Å². The number of carbonyl (C=O) groups excluding carboxylic acids is 1. The smallest absolute Gasteiger partial charge is 0.220 e. The fourth-order valence-corrected chi connectivity index (χ4v) is 7.30. The third kappa shape index (κ3) is 30.6. The van der Waals surface area contributed by atoms with Crippen molar-refractivity contribution < 1.29 is 39.8 Å². The predicted octanol–water partition coefficient (Wildman–Crippen LogP) is 10.4. The van der Waals surface area contributed by atoms with Crippen molar-refractivity contribution in [1.29, 1.82) is 0 Å². The zero-order chi connectivity index (χ0) is 43.0. The number of rotatable bonds is 39. The van der Waals surface area contributed by atoms with E-state index in [1.165, 1.54) is 96.3 Å². The molecule has 7 unspecified atom stereocenters. The number of amides is 1. The third-order valence-corrected chi connectivity index (χ3v) is 11.1. The van der Waals surface area contributed by atoms with Gasteiger partial charge in [0.1, 0.15) is 24.4 Å².